The topological polar surface area (TPSA) is 59.9 Å². The molecule has 1 aliphatic heterocycles. The van der Waals surface area contributed by atoms with Gasteiger partial charge >= 0.3 is 0 Å². The number of rotatable bonds is 6. The van der Waals surface area contributed by atoms with Crippen molar-refractivity contribution in [2.24, 2.45) is 10.9 Å². The molecule has 0 atom stereocenters. The Hall–Kier alpha value is -0.930. The van der Waals surface area contributed by atoms with Gasteiger partial charge in [0.05, 0.1) is 6.10 Å². The van der Waals surface area contributed by atoms with Gasteiger partial charge in [-0.2, -0.15) is 0 Å². The lowest BCUT2D eigenvalue weighted by molar-refractivity contribution is 0.120. The summed E-state index contributed by atoms with van der Waals surface area (Å²) in [7, 11) is 0. The van der Waals surface area contributed by atoms with E-state index in [0.717, 1.165) is 76.2 Å². The van der Waals surface area contributed by atoms with Gasteiger partial charge < -0.3 is 15.7 Å². The van der Waals surface area contributed by atoms with E-state index in [9.17, 15) is 9.50 Å². The third-order valence-electron chi connectivity index (χ3n) is 5.95. The Kier molecular flexibility index (Phi) is 10.7. The molecule has 3 rings (SSSR count). The molecular weight excluding hydrogens is 482 g/mol. The van der Waals surface area contributed by atoms with E-state index in [1.807, 2.05) is 12.1 Å². The van der Waals surface area contributed by atoms with Gasteiger partial charge in [0.25, 0.3) is 0 Å². The minimum Gasteiger partial charge on any atom is -0.393 e. The highest BCUT2D eigenvalue weighted by molar-refractivity contribution is 14.0. The fourth-order valence-corrected chi connectivity index (χ4v) is 4.15. The molecular formula is C22H36FIN4O. The van der Waals surface area contributed by atoms with Gasteiger partial charge in [-0.3, -0.25) is 9.89 Å². The van der Waals surface area contributed by atoms with Gasteiger partial charge in [0.2, 0.25) is 0 Å². The number of piperidine rings is 1. The molecule has 2 fully saturated rings. The van der Waals surface area contributed by atoms with Crippen molar-refractivity contribution in [2.75, 3.05) is 26.2 Å². The van der Waals surface area contributed by atoms with E-state index in [1.54, 1.807) is 12.1 Å². The van der Waals surface area contributed by atoms with E-state index in [2.05, 4.69) is 22.5 Å². The van der Waals surface area contributed by atoms with Gasteiger partial charge in [0.1, 0.15) is 5.82 Å². The summed E-state index contributed by atoms with van der Waals surface area (Å²) in [5.74, 6) is 1.38. The van der Waals surface area contributed by atoms with Crippen LogP contribution in [-0.4, -0.2) is 54.3 Å². The molecule has 0 aromatic heterocycles. The summed E-state index contributed by atoms with van der Waals surface area (Å²) >= 11 is 0. The maximum Gasteiger partial charge on any atom is 0.191 e. The highest BCUT2D eigenvalue weighted by Crippen LogP contribution is 2.21. The fraction of sp³-hybridized carbons (Fsp3) is 0.682. The molecule has 0 bridgehead atoms. The number of nitrogens with one attached hydrogen (secondary N) is 2. The van der Waals surface area contributed by atoms with Crippen LogP contribution in [0, 0.1) is 11.7 Å². The largest absolute Gasteiger partial charge is 0.393 e. The van der Waals surface area contributed by atoms with Gasteiger partial charge in [0.15, 0.2) is 5.96 Å². The van der Waals surface area contributed by atoms with Crippen molar-refractivity contribution in [2.45, 2.75) is 64.1 Å². The number of halogens is 2. The first-order chi connectivity index (χ1) is 13.6. The second-order valence-corrected chi connectivity index (χ2v) is 8.18. The summed E-state index contributed by atoms with van der Waals surface area (Å²) in [5, 5.41) is 16.6. The standard InChI is InChI=1S/C22H35FN4O.HI/c1-2-24-22(26-19-7-9-20(28)10-8-19)25-15-17-11-13-27(14-12-17)16-18-5-3-4-6-21(18)23;/h3-6,17,19-20,28H,2,7-16H2,1H3,(H2,24,25,26);1H. The Morgan fingerprint density at radius 2 is 1.83 bits per heavy atom. The van der Waals surface area contributed by atoms with Crippen molar-refractivity contribution in [3.8, 4) is 0 Å². The van der Waals surface area contributed by atoms with Crippen LogP contribution < -0.4 is 10.6 Å². The molecule has 164 valence electrons. The Bertz CT molecular complexity index is 629. The first kappa shape index (κ1) is 24.3. The monoisotopic (exact) mass is 518 g/mol. The smallest absolute Gasteiger partial charge is 0.191 e. The molecule has 1 heterocycles. The van der Waals surface area contributed by atoms with Gasteiger partial charge in [-0.25, -0.2) is 4.39 Å². The molecule has 7 heteroatoms. The average Bonchev–Trinajstić information content (AvgIpc) is 2.71. The minimum atomic E-state index is -0.132. The lowest BCUT2D eigenvalue weighted by Crippen LogP contribution is -2.45. The first-order valence-electron chi connectivity index (χ1n) is 10.8. The van der Waals surface area contributed by atoms with Crippen LogP contribution in [0.15, 0.2) is 29.3 Å². The Morgan fingerprint density at radius 3 is 2.48 bits per heavy atom. The predicted molar refractivity (Wildman–Crippen MR) is 127 cm³/mol. The van der Waals surface area contributed by atoms with Crippen LogP contribution in [0.2, 0.25) is 0 Å². The van der Waals surface area contributed by atoms with Crippen LogP contribution in [0.1, 0.15) is 51.0 Å². The zero-order valence-corrected chi connectivity index (χ0v) is 19.8. The van der Waals surface area contributed by atoms with E-state index in [1.165, 1.54) is 0 Å². The lowest BCUT2D eigenvalue weighted by atomic mass is 9.93. The Balaban J connectivity index is 0.00000300. The van der Waals surface area contributed by atoms with Crippen LogP contribution >= 0.6 is 24.0 Å². The molecule has 0 unspecified atom stereocenters. The third kappa shape index (κ3) is 8.02. The second-order valence-electron chi connectivity index (χ2n) is 8.18. The third-order valence-corrected chi connectivity index (χ3v) is 5.95. The molecule has 5 nitrogen and oxygen atoms in total. The van der Waals surface area contributed by atoms with Crippen LogP contribution in [0.3, 0.4) is 0 Å². The Labute approximate surface area is 191 Å². The summed E-state index contributed by atoms with van der Waals surface area (Å²) in [4.78, 5) is 7.17. The van der Waals surface area contributed by atoms with Crippen molar-refractivity contribution < 1.29 is 9.50 Å². The normalized spacial score (nSPS) is 24.0. The Morgan fingerprint density at radius 1 is 1.14 bits per heavy atom. The van der Waals surface area contributed by atoms with Crippen LogP contribution in [0.4, 0.5) is 4.39 Å². The minimum absolute atomic E-state index is 0. The van der Waals surface area contributed by atoms with E-state index in [0.29, 0.717) is 18.5 Å². The zero-order valence-electron chi connectivity index (χ0n) is 17.4. The van der Waals surface area contributed by atoms with Crippen molar-refractivity contribution in [3.05, 3.63) is 35.6 Å². The predicted octanol–water partition coefficient (Wildman–Crippen LogP) is 3.51. The lowest BCUT2D eigenvalue weighted by Gasteiger charge is -2.31. The maximum atomic E-state index is 13.8. The average molecular weight is 518 g/mol. The molecule has 1 aliphatic carbocycles. The summed E-state index contributed by atoms with van der Waals surface area (Å²) < 4.78 is 13.8. The molecule has 1 aromatic rings. The van der Waals surface area contributed by atoms with E-state index < -0.39 is 0 Å². The zero-order chi connectivity index (χ0) is 19.8. The molecule has 0 spiro atoms. The molecule has 1 aromatic carbocycles. The molecule has 29 heavy (non-hydrogen) atoms. The molecule has 3 N–H and O–H groups in total. The number of benzene rings is 1. The number of nitrogens with zero attached hydrogens (tertiary/aromatic N) is 2. The SMILES string of the molecule is CCNC(=NCC1CCN(Cc2ccccc2F)CC1)NC1CCC(O)CC1.I. The van der Waals surface area contributed by atoms with Crippen LogP contribution in [0.25, 0.3) is 0 Å². The molecule has 2 aliphatic rings. The summed E-state index contributed by atoms with van der Waals surface area (Å²) in [6.45, 7) is 6.46. The number of hydrogen-bond acceptors (Lipinski definition) is 3. The number of guanidine groups is 1. The van der Waals surface area contributed by atoms with Crippen molar-refractivity contribution in [1.82, 2.24) is 15.5 Å². The van der Waals surface area contributed by atoms with Gasteiger partial charge in [-0.05, 0) is 70.5 Å². The number of aliphatic imine (C=N–C) groups is 1. The van der Waals surface area contributed by atoms with E-state index in [-0.39, 0.29) is 35.9 Å². The fourth-order valence-electron chi connectivity index (χ4n) is 4.15. The number of likely N-dealkylation sites (tertiary alicyclic amines) is 1. The maximum absolute atomic E-state index is 13.8. The highest BCUT2D eigenvalue weighted by Gasteiger charge is 2.22. The van der Waals surface area contributed by atoms with Crippen molar-refractivity contribution in [1.29, 1.82) is 0 Å². The second kappa shape index (κ2) is 12.7. The molecule has 0 radical (unpaired) electrons. The summed E-state index contributed by atoms with van der Waals surface area (Å²) in [6.07, 6.45) is 5.82. The highest BCUT2D eigenvalue weighted by atomic mass is 127. The number of aliphatic hydroxyl groups is 1. The quantitative estimate of drug-likeness (QED) is 0.307. The van der Waals surface area contributed by atoms with Crippen molar-refractivity contribution >= 4 is 29.9 Å². The van der Waals surface area contributed by atoms with Crippen LogP contribution in [0.5, 0.6) is 0 Å². The molecule has 0 amide bonds. The summed E-state index contributed by atoms with van der Waals surface area (Å²) in [6, 6.07) is 7.48. The van der Waals surface area contributed by atoms with Gasteiger partial charge in [0, 0.05) is 31.2 Å². The number of aliphatic hydroxyl groups excluding tert-OH is 1. The van der Waals surface area contributed by atoms with E-state index in [4.69, 9.17) is 4.99 Å². The van der Waals surface area contributed by atoms with Crippen LogP contribution in [-0.2, 0) is 6.54 Å². The summed E-state index contributed by atoms with van der Waals surface area (Å²) in [5.41, 5.74) is 0.787. The first-order valence-corrected chi connectivity index (χ1v) is 10.8. The van der Waals surface area contributed by atoms with Gasteiger partial charge in [-0.15, -0.1) is 24.0 Å². The van der Waals surface area contributed by atoms with Gasteiger partial charge in [-0.1, -0.05) is 18.2 Å². The molecule has 1 saturated heterocycles. The number of hydrogen-bond donors (Lipinski definition) is 3. The van der Waals surface area contributed by atoms with Crippen molar-refractivity contribution in [3.63, 3.8) is 0 Å². The van der Waals surface area contributed by atoms with E-state index >= 15 is 0 Å². The molecule has 1 saturated carbocycles.